The second-order valence-corrected chi connectivity index (χ2v) is 5.39. The van der Waals surface area contributed by atoms with E-state index in [1.807, 2.05) is 23.9 Å². The molecule has 2 rings (SSSR count). The van der Waals surface area contributed by atoms with Gasteiger partial charge in [-0.2, -0.15) is 10.4 Å². The molecule has 7 heteroatoms. The molecule has 1 atom stereocenters. The predicted octanol–water partition coefficient (Wildman–Crippen LogP) is -0.140. The van der Waals surface area contributed by atoms with Crippen molar-refractivity contribution in [3.05, 3.63) is 5.56 Å². The van der Waals surface area contributed by atoms with Gasteiger partial charge in [0, 0.05) is 13.1 Å². The van der Waals surface area contributed by atoms with Gasteiger partial charge in [-0.05, 0) is 26.9 Å². The van der Waals surface area contributed by atoms with Gasteiger partial charge in [0.1, 0.15) is 17.5 Å². The zero-order valence-corrected chi connectivity index (χ0v) is 12.1. The lowest BCUT2D eigenvalue weighted by Crippen LogP contribution is -2.33. The van der Waals surface area contributed by atoms with Crippen molar-refractivity contribution >= 4 is 11.6 Å². The zero-order valence-electron chi connectivity index (χ0n) is 12.1. The van der Waals surface area contributed by atoms with Crippen molar-refractivity contribution in [2.75, 3.05) is 44.4 Å². The molecule has 0 aromatic carbocycles. The molecular formula is C13H22N6O. The van der Waals surface area contributed by atoms with Crippen LogP contribution in [0.1, 0.15) is 18.4 Å². The molecule has 110 valence electrons. The number of nitrogens with zero attached hydrogens (tertiary/aromatic N) is 5. The molecule has 0 amide bonds. The fourth-order valence-corrected chi connectivity index (χ4v) is 2.54. The van der Waals surface area contributed by atoms with Crippen LogP contribution in [0.3, 0.4) is 0 Å². The summed E-state index contributed by atoms with van der Waals surface area (Å²) in [5, 5.41) is 23.2. The molecule has 20 heavy (non-hydrogen) atoms. The topological polar surface area (TPSA) is 94.3 Å². The molecule has 1 fully saturated rings. The minimum Gasteiger partial charge on any atom is -0.394 e. The van der Waals surface area contributed by atoms with Crippen LogP contribution in [0, 0.1) is 11.3 Å². The van der Waals surface area contributed by atoms with Crippen LogP contribution in [0.15, 0.2) is 0 Å². The van der Waals surface area contributed by atoms with Crippen molar-refractivity contribution in [1.29, 1.82) is 5.26 Å². The van der Waals surface area contributed by atoms with E-state index in [9.17, 15) is 10.4 Å². The summed E-state index contributed by atoms with van der Waals surface area (Å²) in [5.74, 6) is 1.02. The van der Waals surface area contributed by atoms with Crippen molar-refractivity contribution < 1.29 is 5.11 Å². The van der Waals surface area contributed by atoms with Crippen LogP contribution >= 0.6 is 0 Å². The molecule has 1 unspecified atom stereocenters. The average Bonchev–Trinajstić information content (AvgIpc) is 3.00. The molecule has 1 saturated heterocycles. The molecule has 0 spiro atoms. The first-order valence-electron chi connectivity index (χ1n) is 6.87. The number of anilines is 2. The summed E-state index contributed by atoms with van der Waals surface area (Å²) < 4.78 is 1.68. The summed E-state index contributed by atoms with van der Waals surface area (Å²) in [7, 11) is 3.96. The van der Waals surface area contributed by atoms with E-state index in [1.165, 1.54) is 0 Å². The molecule has 1 aromatic rings. The summed E-state index contributed by atoms with van der Waals surface area (Å²) >= 11 is 0. The SMILES string of the molecule is CN(C)CCn1nc(N2CCCC2CO)c(C#N)c1N. The molecule has 1 aliphatic rings. The molecule has 2 heterocycles. The second-order valence-electron chi connectivity index (χ2n) is 5.39. The van der Waals surface area contributed by atoms with Gasteiger partial charge in [0.05, 0.1) is 19.2 Å². The predicted molar refractivity (Wildman–Crippen MR) is 77.4 cm³/mol. The Bertz CT molecular complexity index is 504. The third-order valence-electron chi connectivity index (χ3n) is 3.70. The van der Waals surface area contributed by atoms with Gasteiger partial charge in [0.2, 0.25) is 0 Å². The standard InChI is InChI=1S/C13H22N6O/c1-17(2)6-7-19-12(15)11(8-14)13(16-19)18-5-3-4-10(18)9-20/h10,20H,3-7,9,15H2,1-2H3. The van der Waals surface area contributed by atoms with E-state index >= 15 is 0 Å². The third kappa shape index (κ3) is 2.71. The van der Waals surface area contributed by atoms with Crippen molar-refractivity contribution in [3.8, 4) is 6.07 Å². The highest BCUT2D eigenvalue weighted by molar-refractivity contribution is 5.65. The molecule has 7 nitrogen and oxygen atoms in total. The minimum atomic E-state index is 0.0405. The highest BCUT2D eigenvalue weighted by Crippen LogP contribution is 2.30. The number of rotatable bonds is 5. The monoisotopic (exact) mass is 278 g/mol. The van der Waals surface area contributed by atoms with Crippen LogP contribution < -0.4 is 10.6 Å². The Kier molecular flexibility index (Phi) is 4.47. The Morgan fingerprint density at radius 1 is 1.55 bits per heavy atom. The van der Waals surface area contributed by atoms with E-state index in [1.54, 1.807) is 4.68 Å². The average molecular weight is 278 g/mol. The fourth-order valence-electron chi connectivity index (χ4n) is 2.54. The molecule has 0 aliphatic carbocycles. The third-order valence-corrected chi connectivity index (χ3v) is 3.70. The maximum Gasteiger partial charge on any atom is 0.171 e. The van der Waals surface area contributed by atoms with Gasteiger partial charge >= 0.3 is 0 Å². The lowest BCUT2D eigenvalue weighted by atomic mass is 10.2. The van der Waals surface area contributed by atoms with Gasteiger partial charge < -0.3 is 20.6 Å². The first kappa shape index (κ1) is 14.6. The van der Waals surface area contributed by atoms with Gasteiger partial charge in [-0.25, -0.2) is 4.68 Å². The Labute approximate surface area is 119 Å². The number of likely N-dealkylation sites (N-methyl/N-ethyl adjacent to an activating group) is 1. The first-order valence-corrected chi connectivity index (χ1v) is 6.87. The molecule has 1 aliphatic heterocycles. The summed E-state index contributed by atoms with van der Waals surface area (Å²) in [6.45, 7) is 2.34. The van der Waals surface area contributed by atoms with Gasteiger partial charge in [-0.1, -0.05) is 0 Å². The lowest BCUT2D eigenvalue weighted by molar-refractivity contribution is 0.266. The molecule has 0 radical (unpaired) electrons. The van der Waals surface area contributed by atoms with E-state index in [0.717, 1.165) is 25.9 Å². The maximum atomic E-state index is 9.42. The Hall–Kier alpha value is -1.78. The highest BCUT2D eigenvalue weighted by Gasteiger charge is 2.29. The number of aromatic nitrogens is 2. The number of aliphatic hydroxyl groups excluding tert-OH is 1. The van der Waals surface area contributed by atoms with Crippen LogP contribution in [-0.4, -0.2) is 59.6 Å². The largest absolute Gasteiger partial charge is 0.394 e. The van der Waals surface area contributed by atoms with Crippen LogP contribution in [0.4, 0.5) is 11.6 Å². The molecule has 1 aromatic heterocycles. The smallest absolute Gasteiger partial charge is 0.171 e. The Morgan fingerprint density at radius 3 is 2.90 bits per heavy atom. The van der Waals surface area contributed by atoms with Crippen LogP contribution in [0.5, 0.6) is 0 Å². The number of aliphatic hydroxyl groups is 1. The molecule has 0 saturated carbocycles. The summed E-state index contributed by atoms with van der Waals surface area (Å²) in [5.41, 5.74) is 6.45. The van der Waals surface area contributed by atoms with Gasteiger partial charge in [-0.15, -0.1) is 0 Å². The van der Waals surface area contributed by atoms with Crippen molar-refractivity contribution in [2.45, 2.75) is 25.4 Å². The van der Waals surface area contributed by atoms with Gasteiger partial charge in [0.25, 0.3) is 0 Å². The van der Waals surface area contributed by atoms with Crippen LogP contribution in [-0.2, 0) is 6.54 Å². The van der Waals surface area contributed by atoms with E-state index < -0.39 is 0 Å². The normalized spacial score (nSPS) is 18.8. The van der Waals surface area contributed by atoms with E-state index in [2.05, 4.69) is 11.2 Å². The number of nitrogens with two attached hydrogens (primary N) is 1. The Morgan fingerprint density at radius 2 is 2.30 bits per heavy atom. The van der Waals surface area contributed by atoms with Crippen LogP contribution in [0.2, 0.25) is 0 Å². The zero-order chi connectivity index (χ0) is 14.7. The van der Waals surface area contributed by atoms with E-state index in [0.29, 0.717) is 23.7 Å². The molecule has 3 N–H and O–H groups in total. The van der Waals surface area contributed by atoms with Crippen molar-refractivity contribution in [1.82, 2.24) is 14.7 Å². The van der Waals surface area contributed by atoms with Gasteiger partial charge in [0.15, 0.2) is 5.82 Å². The molecular weight excluding hydrogens is 256 g/mol. The lowest BCUT2D eigenvalue weighted by Gasteiger charge is -2.22. The van der Waals surface area contributed by atoms with Crippen molar-refractivity contribution in [3.63, 3.8) is 0 Å². The maximum absolute atomic E-state index is 9.42. The van der Waals surface area contributed by atoms with Crippen LogP contribution in [0.25, 0.3) is 0 Å². The van der Waals surface area contributed by atoms with E-state index in [-0.39, 0.29) is 12.6 Å². The summed E-state index contributed by atoms with van der Waals surface area (Å²) in [6, 6.07) is 2.19. The first-order chi connectivity index (χ1) is 9.58. The second kappa shape index (κ2) is 6.11. The fraction of sp³-hybridized carbons (Fsp3) is 0.692. The van der Waals surface area contributed by atoms with E-state index in [4.69, 9.17) is 5.73 Å². The van der Waals surface area contributed by atoms with Crippen molar-refractivity contribution in [2.24, 2.45) is 0 Å². The minimum absolute atomic E-state index is 0.0405. The Balaban J connectivity index is 2.29. The number of nitrogen functional groups attached to an aromatic ring is 1. The van der Waals surface area contributed by atoms with Gasteiger partial charge in [-0.3, -0.25) is 0 Å². The summed E-state index contributed by atoms with van der Waals surface area (Å²) in [4.78, 5) is 4.04. The number of hydrogen-bond acceptors (Lipinski definition) is 6. The summed E-state index contributed by atoms with van der Waals surface area (Å²) in [6.07, 6.45) is 1.92. The molecule has 0 bridgehead atoms. The number of hydrogen-bond donors (Lipinski definition) is 2. The quantitative estimate of drug-likeness (QED) is 0.778. The highest BCUT2D eigenvalue weighted by atomic mass is 16.3. The number of nitriles is 1.